The van der Waals surface area contributed by atoms with E-state index in [1.165, 1.54) is 25.7 Å². The predicted molar refractivity (Wildman–Crippen MR) is 75.7 cm³/mol. The van der Waals surface area contributed by atoms with Crippen molar-refractivity contribution in [3.8, 4) is 0 Å². The number of aromatic nitrogens is 2. The monoisotopic (exact) mass is 249 g/mol. The fraction of sp³-hybridized carbons (Fsp3) is 0.692. The summed E-state index contributed by atoms with van der Waals surface area (Å²) < 4.78 is 0. The molecule has 1 fully saturated rings. The molecule has 2 rings (SSSR count). The molecule has 5 heteroatoms. The van der Waals surface area contributed by atoms with Gasteiger partial charge in [-0.05, 0) is 24.7 Å². The lowest BCUT2D eigenvalue weighted by molar-refractivity contribution is 0.229. The van der Waals surface area contributed by atoms with Gasteiger partial charge < -0.3 is 16.4 Å². The summed E-state index contributed by atoms with van der Waals surface area (Å²) in [6.07, 6.45) is 4.94. The second-order valence-corrected chi connectivity index (χ2v) is 5.85. The maximum Gasteiger partial charge on any atom is 0.223 e. The van der Waals surface area contributed by atoms with Crippen LogP contribution in [0, 0.1) is 5.41 Å². The number of nitrogens with one attached hydrogen (secondary N) is 2. The van der Waals surface area contributed by atoms with Gasteiger partial charge in [-0.3, -0.25) is 0 Å². The molecule has 0 bridgehead atoms. The number of nitrogens with zero attached hydrogens (tertiary/aromatic N) is 2. The lowest BCUT2D eigenvalue weighted by Gasteiger charge is -2.35. The molecule has 1 heterocycles. The number of hydrogen-bond acceptors (Lipinski definition) is 5. The van der Waals surface area contributed by atoms with Crippen LogP contribution >= 0.6 is 0 Å². The van der Waals surface area contributed by atoms with Crippen molar-refractivity contribution in [1.82, 2.24) is 9.97 Å². The minimum absolute atomic E-state index is 0.305. The molecule has 0 amide bonds. The molecule has 1 unspecified atom stereocenters. The van der Waals surface area contributed by atoms with Crippen molar-refractivity contribution in [3.05, 3.63) is 6.07 Å². The third-order valence-electron chi connectivity index (χ3n) is 3.56. The molecule has 1 aliphatic carbocycles. The van der Waals surface area contributed by atoms with Gasteiger partial charge in [0.25, 0.3) is 0 Å². The number of nitrogens with two attached hydrogens (primary N) is 1. The Hall–Kier alpha value is -1.52. The third-order valence-corrected chi connectivity index (χ3v) is 3.56. The first kappa shape index (κ1) is 12.9. The summed E-state index contributed by atoms with van der Waals surface area (Å²) in [7, 11) is 1.83. The molecule has 4 N–H and O–H groups in total. The summed E-state index contributed by atoms with van der Waals surface area (Å²) in [6, 6.07) is 2.38. The van der Waals surface area contributed by atoms with E-state index in [9.17, 15) is 0 Å². The van der Waals surface area contributed by atoms with Crippen LogP contribution in [0.25, 0.3) is 0 Å². The van der Waals surface area contributed by atoms with Gasteiger partial charge in [0.15, 0.2) is 0 Å². The lowest BCUT2D eigenvalue weighted by atomic mass is 9.75. The van der Waals surface area contributed by atoms with E-state index in [0.717, 1.165) is 11.6 Å². The van der Waals surface area contributed by atoms with Gasteiger partial charge in [-0.2, -0.15) is 9.97 Å². The maximum atomic E-state index is 5.69. The van der Waals surface area contributed by atoms with Crippen molar-refractivity contribution in [2.75, 3.05) is 23.4 Å². The van der Waals surface area contributed by atoms with Gasteiger partial charge in [0, 0.05) is 19.2 Å². The summed E-state index contributed by atoms with van der Waals surface area (Å²) in [5.41, 5.74) is 6.11. The van der Waals surface area contributed by atoms with E-state index < -0.39 is 0 Å². The van der Waals surface area contributed by atoms with Crippen LogP contribution < -0.4 is 16.4 Å². The quantitative estimate of drug-likeness (QED) is 0.767. The fourth-order valence-electron chi connectivity index (χ4n) is 2.70. The van der Waals surface area contributed by atoms with Gasteiger partial charge in [-0.15, -0.1) is 0 Å². The van der Waals surface area contributed by atoms with Crippen LogP contribution in [-0.2, 0) is 0 Å². The summed E-state index contributed by atoms with van der Waals surface area (Å²) in [5, 5.41) is 6.47. The third kappa shape index (κ3) is 3.24. The van der Waals surface area contributed by atoms with Crippen molar-refractivity contribution in [2.24, 2.45) is 5.41 Å². The topological polar surface area (TPSA) is 75.9 Å². The van der Waals surface area contributed by atoms with Gasteiger partial charge in [-0.25, -0.2) is 0 Å². The Morgan fingerprint density at radius 1 is 1.33 bits per heavy atom. The number of rotatable bonds is 3. The van der Waals surface area contributed by atoms with E-state index in [0.29, 0.717) is 17.4 Å². The molecule has 0 radical (unpaired) electrons. The molecular weight excluding hydrogens is 226 g/mol. The summed E-state index contributed by atoms with van der Waals surface area (Å²) in [6.45, 7) is 4.66. The maximum absolute atomic E-state index is 5.69. The van der Waals surface area contributed by atoms with Gasteiger partial charge in [0.05, 0.1) is 0 Å². The van der Waals surface area contributed by atoms with E-state index in [1.54, 1.807) is 0 Å². The molecule has 1 atom stereocenters. The molecule has 100 valence electrons. The first-order valence-corrected chi connectivity index (χ1v) is 6.57. The summed E-state index contributed by atoms with van der Waals surface area (Å²) >= 11 is 0. The zero-order valence-corrected chi connectivity index (χ0v) is 11.5. The Kier molecular flexibility index (Phi) is 3.59. The normalized spacial score (nSPS) is 22.5. The zero-order chi connectivity index (χ0) is 13.2. The molecule has 1 aromatic heterocycles. The molecule has 1 aromatic rings. The highest BCUT2D eigenvalue weighted by atomic mass is 15.1. The molecule has 1 aliphatic rings. The van der Waals surface area contributed by atoms with Crippen LogP contribution in [0.2, 0.25) is 0 Å². The van der Waals surface area contributed by atoms with E-state index >= 15 is 0 Å². The van der Waals surface area contributed by atoms with E-state index in [2.05, 4.69) is 34.4 Å². The standard InChI is InChI=1S/C13H23N5/c1-13(2)6-4-5-9(8-13)16-11-7-10(15-3)17-12(14)18-11/h7,9H,4-6,8H2,1-3H3,(H4,14,15,16,17,18). The van der Waals surface area contributed by atoms with E-state index in [4.69, 9.17) is 5.73 Å². The first-order valence-electron chi connectivity index (χ1n) is 6.57. The van der Waals surface area contributed by atoms with Gasteiger partial charge in [0.1, 0.15) is 11.6 Å². The Bertz CT molecular complexity index is 416. The molecule has 0 aliphatic heterocycles. The Labute approximate surface area is 109 Å². The fourth-order valence-corrected chi connectivity index (χ4v) is 2.70. The van der Waals surface area contributed by atoms with Crippen LogP contribution in [0.5, 0.6) is 0 Å². The molecule has 1 saturated carbocycles. The second kappa shape index (κ2) is 5.00. The van der Waals surface area contributed by atoms with Crippen LogP contribution in [0.15, 0.2) is 6.07 Å². The van der Waals surface area contributed by atoms with Crippen molar-refractivity contribution in [3.63, 3.8) is 0 Å². The first-order chi connectivity index (χ1) is 8.48. The predicted octanol–water partition coefficient (Wildman–Crippen LogP) is 2.48. The number of hydrogen-bond donors (Lipinski definition) is 3. The second-order valence-electron chi connectivity index (χ2n) is 5.85. The molecule has 0 saturated heterocycles. The number of anilines is 3. The van der Waals surface area contributed by atoms with E-state index in [1.807, 2.05) is 13.1 Å². The van der Waals surface area contributed by atoms with Crippen molar-refractivity contribution < 1.29 is 0 Å². The highest BCUT2D eigenvalue weighted by Crippen LogP contribution is 2.36. The Morgan fingerprint density at radius 2 is 2.06 bits per heavy atom. The number of nitrogen functional groups attached to an aromatic ring is 1. The van der Waals surface area contributed by atoms with Crippen molar-refractivity contribution in [1.29, 1.82) is 0 Å². The van der Waals surface area contributed by atoms with Gasteiger partial charge >= 0.3 is 0 Å². The Balaban J connectivity index is 2.07. The van der Waals surface area contributed by atoms with Gasteiger partial charge in [-0.1, -0.05) is 20.3 Å². The van der Waals surface area contributed by atoms with Gasteiger partial charge in [0.2, 0.25) is 5.95 Å². The largest absolute Gasteiger partial charge is 0.373 e. The molecule has 5 nitrogen and oxygen atoms in total. The highest BCUT2D eigenvalue weighted by Gasteiger charge is 2.28. The van der Waals surface area contributed by atoms with Crippen LogP contribution in [0.1, 0.15) is 39.5 Å². The Morgan fingerprint density at radius 3 is 2.72 bits per heavy atom. The average Bonchev–Trinajstić information content (AvgIpc) is 2.26. The minimum atomic E-state index is 0.305. The van der Waals surface area contributed by atoms with Crippen molar-refractivity contribution in [2.45, 2.75) is 45.6 Å². The van der Waals surface area contributed by atoms with E-state index in [-0.39, 0.29) is 0 Å². The zero-order valence-electron chi connectivity index (χ0n) is 11.5. The summed E-state index contributed by atoms with van der Waals surface area (Å²) in [4.78, 5) is 8.33. The molecule has 0 aromatic carbocycles. The lowest BCUT2D eigenvalue weighted by Crippen LogP contribution is -2.32. The smallest absolute Gasteiger partial charge is 0.223 e. The molecular formula is C13H23N5. The van der Waals surface area contributed by atoms with Crippen LogP contribution in [-0.4, -0.2) is 23.1 Å². The highest BCUT2D eigenvalue weighted by molar-refractivity contribution is 5.51. The van der Waals surface area contributed by atoms with Crippen LogP contribution in [0.4, 0.5) is 17.6 Å². The van der Waals surface area contributed by atoms with Crippen molar-refractivity contribution >= 4 is 17.6 Å². The minimum Gasteiger partial charge on any atom is -0.373 e. The van der Waals surface area contributed by atoms with Crippen LogP contribution in [0.3, 0.4) is 0 Å². The summed E-state index contributed by atoms with van der Waals surface area (Å²) in [5.74, 6) is 1.87. The average molecular weight is 249 g/mol. The SMILES string of the molecule is CNc1cc(NC2CCCC(C)(C)C2)nc(N)n1. The molecule has 0 spiro atoms. The molecule has 18 heavy (non-hydrogen) atoms.